The van der Waals surface area contributed by atoms with Crippen LogP contribution < -0.4 is 5.73 Å². The first-order valence-electron chi connectivity index (χ1n) is 7.69. The van der Waals surface area contributed by atoms with Gasteiger partial charge >= 0.3 is 0 Å². The molecule has 3 atom stereocenters. The van der Waals surface area contributed by atoms with Crippen molar-refractivity contribution in [3.8, 4) is 0 Å². The maximum Gasteiger partial charge on any atom is 0.0473 e. The molecule has 0 aromatic carbocycles. The Labute approximate surface area is 113 Å². The molecule has 3 unspecified atom stereocenters. The van der Waals surface area contributed by atoms with Crippen molar-refractivity contribution in [3.05, 3.63) is 0 Å². The van der Waals surface area contributed by atoms with Gasteiger partial charge in [0.05, 0.1) is 0 Å². The predicted octanol–water partition coefficient (Wildman–Crippen LogP) is 1.92. The van der Waals surface area contributed by atoms with Gasteiger partial charge in [-0.25, -0.2) is 0 Å². The third-order valence-electron chi connectivity index (χ3n) is 5.20. The van der Waals surface area contributed by atoms with E-state index in [1.54, 1.807) is 0 Å². The second-order valence-electron chi connectivity index (χ2n) is 6.93. The Balaban J connectivity index is 2.12. The third kappa shape index (κ3) is 2.59. The van der Waals surface area contributed by atoms with Crippen LogP contribution in [0.4, 0.5) is 0 Å². The summed E-state index contributed by atoms with van der Waals surface area (Å²) in [4.78, 5) is 5.34. The molecule has 0 amide bonds. The Morgan fingerprint density at radius 3 is 2.56 bits per heavy atom. The van der Waals surface area contributed by atoms with Gasteiger partial charge in [-0.15, -0.1) is 0 Å². The van der Waals surface area contributed by atoms with Gasteiger partial charge < -0.3 is 5.73 Å². The average Bonchev–Trinajstić information content (AvgIpc) is 2.78. The fourth-order valence-corrected chi connectivity index (χ4v) is 3.80. The number of likely N-dealkylation sites (tertiary alicyclic amines) is 2. The lowest BCUT2D eigenvalue weighted by Gasteiger charge is -2.48. The van der Waals surface area contributed by atoms with Gasteiger partial charge in [0.1, 0.15) is 0 Å². The van der Waals surface area contributed by atoms with E-state index in [0.29, 0.717) is 12.1 Å². The largest absolute Gasteiger partial charge is 0.329 e. The second kappa shape index (κ2) is 5.48. The van der Waals surface area contributed by atoms with E-state index in [1.165, 1.54) is 32.4 Å². The zero-order chi connectivity index (χ0) is 13.3. The highest BCUT2D eigenvalue weighted by atomic mass is 15.3. The number of nitrogens with two attached hydrogens (primary N) is 1. The summed E-state index contributed by atoms with van der Waals surface area (Å²) in [5.41, 5.74) is 6.45. The molecule has 2 heterocycles. The van der Waals surface area contributed by atoms with Crippen molar-refractivity contribution in [1.82, 2.24) is 9.80 Å². The summed E-state index contributed by atoms with van der Waals surface area (Å²) in [5.74, 6) is 0.831. The number of nitrogens with zero attached hydrogens (tertiary/aromatic N) is 2. The van der Waals surface area contributed by atoms with Crippen molar-refractivity contribution in [2.45, 2.75) is 64.6 Å². The maximum atomic E-state index is 6.20. The van der Waals surface area contributed by atoms with E-state index in [1.807, 2.05) is 0 Å². The summed E-state index contributed by atoms with van der Waals surface area (Å²) in [6.45, 7) is 13.8. The Kier molecular flexibility index (Phi) is 4.35. The van der Waals surface area contributed by atoms with Crippen LogP contribution >= 0.6 is 0 Å². The molecule has 2 fully saturated rings. The molecule has 2 N–H and O–H groups in total. The molecule has 0 aromatic rings. The van der Waals surface area contributed by atoms with Gasteiger partial charge in [-0.2, -0.15) is 0 Å². The quantitative estimate of drug-likeness (QED) is 0.834. The van der Waals surface area contributed by atoms with E-state index in [0.717, 1.165) is 19.0 Å². The number of hydrogen-bond acceptors (Lipinski definition) is 3. The average molecular weight is 253 g/mol. The lowest BCUT2D eigenvalue weighted by atomic mass is 9.86. The monoisotopic (exact) mass is 253 g/mol. The first-order valence-corrected chi connectivity index (χ1v) is 7.69. The van der Waals surface area contributed by atoms with Crippen LogP contribution in [0.5, 0.6) is 0 Å². The van der Waals surface area contributed by atoms with E-state index in [9.17, 15) is 0 Å². The smallest absolute Gasteiger partial charge is 0.0473 e. The standard InChI is InChI=1S/C15H31N3/c1-12(2)17-8-7-15(10-16,11-17)18-9-13(3)5-6-14(18)4/h12-14H,5-11,16H2,1-4H3. The van der Waals surface area contributed by atoms with E-state index in [2.05, 4.69) is 37.5 Å². The summed E-state index contributed by atoms with van der Waals surface area (Å²) in [6, 6.07) is 1.35. The van der Waals surface area contributed by atoms with Gasteiger partial charge in [0.25, 0.3) is 0 Å². The molecule has 0 aliphatic carbocycles. The SMILES string of the molecule is CC1CCC(C)N(C2(CN)CCN(C(C)C)C2)C1. The van der Waals surface area contributed by atoms with Crippen molar-refractivity contribution in [2.24, 2.45) is 11.7 Å². The Bertz CT molecular complexity index is 279. The highest BCUT2D eigenvalue weighted by Gasteiger charge is 2.45. The minimum absolute atomic E-state index is 0.248. The van der Waals surface area contributed by atoms with Crippen molar-refractivity contribution in [2.75, 3.05) is 26.2 Å². The third-order valence-corrected chi connectivity index (χ3v) is 5.20. The first-order chi connectivity index (χ1) is 8.48. The molecule has 0 radical (unpaired) electrons. The summed E-state index contributed by atoms with van der Waals surface area (Å²) >= 11 is 0. The molecule has 3 heteroatoms. The topological polar surface area (TPSA) is 32.5 Å². The summed E-state index contributed by atoms with van der Waals surface area (Å²) in [5, 5.41) is 0. The number of hydrogen-bond donors (Lipinski definition) is 1. The molecule has 0 spiro atoms. The van der Waals surface area contributed by atoms with Gasteiger partial charge in [0.2, 0.25) is 0 Å². The van der Waals surface area contributed by atoms with E-state index in [-0.39, 0.29) is 5.54 Å². The van der Waals surface area contributed by atoms with Crippen molar-refractivity contribution in [3.63, 3.8) is 0 Å². The fourth-order valence-electron chi connectivity index (χ4n) is 3.80. The molecule has 2 saturated heterocycles. The van der Waals surface area contributed by atoms with Crippen LogP contribution in [0.25, 0.3) is 0 Å². The van der Waals surface area contributed by atoms with E-state index in [4.69, 9.17) is 5.73 Å². The maximum absolute atomic E-state index is 6.20. The first kappa shape index (κ1) is 14.3. The molecule has 0 saturated carbocycles. The lowest BCUT2D eigenvalue weighted by Crippen LogP contribution is -2.61. The van der Waals surface area contributed by atoms with Crippen LogP contribution in [0.2, 0.25) is 0 Å². The van der Waals surface area contributed by atoms with Crippen molar-refractivity contribution < 1.29 is 0 Å². The molecule has 2 aliphatic rings. The lowest BCUT2D eigenvalue weighted by molar-refractivity contribution is 0.0137. The molecular weight excluding hydrogens is 222 g/mol. The van der Waals surface area contributed by atoms with Crippen molar-refractivity contribution >= 4 is 0 Å². The zero-order valence-corrected chi connectivity index (χ0v) is 12.7. The molecule has 18 heavy (non-hydrogen) atoms. The van der Waals surface area contributed by atoms with Gasteiger partial charge in [-0.05, 0) is 46.0 Å². The van der Waals surface area contributed by atoms with E-state index < -0.39 is 0 Å². The summed E-state index contributed by atoms with van der Waals surface area (Å²) in [6.07, 6.45) is 3.97. The van der Waals surface area contributed by atoms with Crippen LogP contribution in [0.1, 0.15) is 47.0 Å². The highest BCUT2D eigenvalue weighted by Crippen LogP contribution is 2.35. The van der Waals surface area contributed by atoms with Gasteiger partial charge in [0.15, 0.2) is 0 Å². The minimum Gasteiger partial charge on any atom is -0.329 e. The molecule has 2 rings (SSSR count). The molecule has 0 aromatic heterocycles. The van der Waals surface area contributed by atoms with Gasteiger partial charge in [-0.1, -0.05) is 6.92 Å². The number of rotatable bonds is 3. The normalized spacial score (nSPS) is 39.7. The molecule has 3 nitrogen and oxygen atoms in total. The Morgan fingerprint density at radius 2 is 2.00 bits per heavy atom. The predicted molar refractivity (Wildman–Crippen MR) is 77.7 cm³/mol. The fraction of sp³-hybridized carbons (Fsp3) is 1.00. The summed E-state index contributed by atoms with van der Waals surface area (Å²) in [7, 11) is 0. The van der Waals surface area contributed by atoms with Gasteiger partial charge in [0, 0.05) is 43.8 Å². The zero-order valence-electron chi connectivity index (χ0n) is 12.7. The second-order valence-corrected chi connectivity index (χ2v) is 6.93. The van der Waals surface area contributed by atoms with Crippen molar-refractivity contribution in [1.29, 1.82) is 0 Å². The Morgan fingerprint density at radius 1 is 1.28 bits per heavy atom. The molecule has 0 bridgehead atoms. The van der Waals surface area contributed by atoms with Crippen LogP contribution in [0.3, 0.4) is 0 Å². The minimum atomic E-state index is 0.248. The van der Waals surface area contributed by atoms with E-state index >= 15 is 0 Å². The highest BCUT2D eigenvalue weighted by molar-refractivity contribution is 5.03. The molecule has 2 aliphatic heterocycles. The van der Waals surface area contributed by atoms with Crippen LogP contribution in [-0.2, 0) is 0 Å². The number of piperidine rings is 1. The van der Waals surface area contributed by atoms with Crippen LogP contribution in [-0.4, -0.2) is 53.6 Å². The Hall–Kier alpha value is -0.120. The molecule has 106 valence electrons. The molecular formula is C15H31N3. The van der Waals surface area contributed by atoms with Gasteiger partial charge in [-0.3, -0.25) is 9.80 Å². The van der Waals surface area contributed by atoms with Crippen LogP contribution in [0.15, 0.2) is 0 Å². The van der Waals surface area contributed by atoms with Crippen LogP contribution in [0, 0.1) is 5.92 Å². The summed E-state index contributed by atoms with van der Waals surface area (Å²) < 4.78 is 0.